The number of halogens is 2. The molecule has 82 valence electrons. The fourth-order valence-corrected chi connectivity index (χ4v) is 0.968. The van der Waals surface area contributed by atoms with Crippen LogP contribution in [-0.2, 0) is 0 Å². The number of aromatic nitrogens is 1. The molecule has 0 saturated heterocycles. The van der Waals surface area contributed by atoms with Crippen LogP contribution in [0.5, 0.6) is 5.88 Å². The van der Waals surface area contributed by atoms with Crippen molar-refractivity contribution >= 4 is 24.8 Å². The summed E-state index contributed by atoms with van der Waals surface area (Å²) in [5, 5.41) is 0. The number of hydrogen-bond donors (Lipinski definition) is 1. The van der Waals surface area contributed by atoms with E-state index < -0.39 is 0 Å². The van der Waals surface area contributed by atoms with E-state index in [1.165, 1.54) is 0 Å². The van der Waals surface area contributed by atoms with Gasteiger partial charge in [-0.15, -0.1) is 24.8 Å². The summed E-state index contributed by atoms with van der Waals surface area (Å²) in [4.78, 5) is 4.06. The van der Waals surface area contributed by atoms with Crippen molar-refractivity contribution in [3.05, 3.63) is 23.9 Å². The minimum Gasteiger partial charge on any atom is -0.481 e. The summed E-state index contributed by atoms with van der Waals surface area (Å²) in [7, 11) is 1.60. The van der Waals surface area contributed by atoms with Crippen LogP contribution in [0.15, 0.2) is 18.3 Å². The Bertz CT molecular complexity index is 241. The first kappa shape index (κ1) is 15.9. The first-order chi connectivity index (χ1) is 5.77. The first-order valence-electron chi connectivity index (χ1n) is 4.03. The van der Waals surface area contributed by atoms with Gasteiger partial charge in [-0.1, -0.05) is 13.0 Å². The van der Waals surface area contributed by atoms with Gasteiger partial charge in [0.05, 0.1) is 7.11 Å². The molecule has 1 rings (SSSR count). The van der Waals surface area contributed by atoms with Gasteiger partial charge in [0.2, 0.25) is 5.88 Å². The third-order valence-electron chi connectivity index (χ3n) is 1.84. The van der Waals surface area contributed by atoms with Crippen LogP contribution < -0.4 is 10.5 Å². The van der Waals surface area contributed by atoms with Crippen molar-refractivity contribution in [2.45, 2.75) is 19.4 Å². The Morgan fingerprint density at radius 3 is 2.43 bits per heavy atom. The fourth-order valence-electron chi connectivity index (χ4n) is 0.968. The maximum atomic E-state index is 5.80. The highest BCUT2D eigenvalue weighted by Crippen LogP contribution is 2.14. The maximum absolute atomic E-state index is 5.80. The summed E-state index contributed by atoms with van der Waals surface area (Å²) in [5.41, 5.74) is 6.86. The molecule has 14 heavy (non-hydrogen) atoms. The third-order valence-corrected chi connectivity index (χ3v) is 1.84. The lowest BCUT2D eigenvalue weighted by Crippen LogP contribution is -2.08. The summed E-state index contributed by atoms with van der Waals surface area (Å²) in [5.74, 6) is 0.627. The van der Waals surface area contributed by atoms with Gasteiger partial charge in [0.15, 0.2) is 0 Å². The van der Waals surface area contributed by atoms with Gasteiger partial charge in [0.25, 0.3) is 0 Å². The van der Waals surface area contributed by atoms with Gasteiger partial charge in [0, 0.05) is 18.3 Å². The monoisotopic (exact) mass is 238 g/mol. The zero-order valence-electron chi connectivity index (χ0n) is 8.27. The Hall–Kier alpha value is -0.510. The molecule has 1 atom stereocenters. The number of pyridine rings is 1. The molecule has 0 saturated carbocycles. The number of nitrogens with two attached hydrogens (primary N) is 1. The molecule has 1 unspecified atom stereocenters. The van der Waals surface area contributed by atoms with Crippen molar-refractivity contribution in [3.63, 3.8) is 0 Å². The molecular formula is C9H16Cl2N2O. The molecule has 0 aromatic carbocycles. The van der Waals surface area contributed by atoms with E-state index in [-0.39, 0.29) is 30.9 Å². The second-order valence-electron chi connectivity index (χ2n) is 2.65. The van der Waals surface area contributed by atoms with E-state index >= 15 is 0 Å². The van der Waals surface area contributed by atoms with Crippen molar-refractivity contribution in [2.75, 3.05) is 7.11 Å². The first-order valence-corrected chi connectivity index (χ1v) is 4.03. The van der Waals surface area contributed by atoms with Crippen molar-refractivity contribution in [3.8, 4) is 5.88 Å². The highest BCUT2D eigenvalue weighted by atomic mass is 35.5. The van der Waals surface area contributed by atoms with Gasteiger partial charge in [-0.05, 0) is 12.0 Å². The topological polar surface area (TPSA) is 48.1 Å². The van der Waals surface area contributed by atoms with Crippen molar-refractivity contribution in [2.24, 2.45) is 5.73 Å². The Morgan fingerprint density at radius 1 is 1.43 bits per heavy atom. The molecule has 1 aromatic rings. The number of nitrogens with zero attached hydrogens (tertiary/aromatic N) is 1. The molecule has 1 aromatic heterocycles. The van der Waals surface area contributed by atoms with Crippen molar-refractivity contribution in [1.29, 1.82) is 0 Å². The molecule has 0 aliphatic carbocycles. The van der Waals surface area contributed by atoms with Crippen molar-refractivity contribution in [1.82, 2.24) is 4.98 Å². The van der Waals surface area contributed by atoms with Crippen LogP contribution in [0, 0.1) is 0 Å². The Morgan fingerprint density at radius 2 is 2.07 bits per heavy atom. The number of methoxy groups -OCH3 is 1. The third kappa shape index (κ3) is 4.13. The van der Waals surface area contributed by atoms with Crippen LogP contribution in [0.4, 0.5) is 0 Å². The molecule has 0 radical (unpaired) electrons. The summed E-state index contributed by atoms with van der Waals surface area (Å²) >= 11 is 0. The van der Waals surface area contributed by atoms with E-state index in [1.807, 2.05) is 12.1 Å². The lowest BCUT2D eigenvalue weighted by Gasteiger charge is -2.08. The predicted molar refractivity (Wildman–Crippen MR) is 62.5 cm³/mol. The molecular weight excluding hydrogens is 223 g/mol. The molecule has 0 aliphatic rings. The van der Waals surface area contributed by atoms with E-state index in [0.29, 0.717) is 5.88 Å². The van der Waals surface area contributed by atoms with Crippen LogP contribution >= 0.6 is 24.8 Å². The molecule has 0 spiro atoms. The zero-order chi connectivity index (χ0) is 8.97. The zero-order valence-corrected chi connectivity index (χ0v) is 9.90. The van der Waals surface area contributed by atoms with Crippen LogP contribution in [-0.4, -0.2) is 12.1 Å². The summed E-state index contributed by atoms with van der Waals surface area (Å²) in [6, 6.07) is 3.86. The minimum atomic E-state index is 0. The van der Waals surface area contributed by atoms with Gasteiger partial charge in [0.1, 0.15) is 0 Å². The normalized spacial score (nSPS) is 10.8. The van der Waals surface area contributed by atoms with Crippen molar-refractivity contribution < 1.29 is 4.74 Å². The van der Waals surface area contributed by atoms with Gasteiger partial charge in [-0.2, -0.15) is 0 Å². The van der Waals surface area contributed by atoms with E-state index in [9.17, 15) is 0 Å². The highest BCUT2D eigenvalue weighted by molar-refractivity contribution is 5.85. The Labute approximate surface area is 96.9 Å². The summed E-state index contributed by atoms with van der Waals surface area (Å²) in [6.45, 7) is 2.05. The Kier molecular flexibility index (Phi) is 8.94. The number of hydrogen-bond acceptors (Lipinski definition) is 3. The molecule has 0 bridgehead atoms. The smallest absolute Gasteiger partial charge is 0.212 e. The largest absolute Gasteiger partial charge is 0.481 e. The van der Waals surface area contributed by atoms with E-state index in [1.54, 1.807) is 13.3 Å². The summed E-state index contributed by atoms with van der Waals surface area (Å²) < 4.78 is 4.93. The molecule has 0 aliphatic heterocycles. The average Bonchev–Trinajstić information content (AvgIpc) is 2.17. The Balaban J connectivity index is 0. The van der Waals surface area contributed by atoms with Crippen LogP contribution in [0.25, 0.3) is 0 Å². The molecule has 3 nitrogen and oxygen atoms in total. The lowest BCUT2D eigenvalue weighted by atomic mass is 10.1. The fraction of sp³-hybridized carbons (Fsp3) is 0.444. The van der Waals surface area contributed by atoms with Crippen LogP contribution in [0.1, 0.15) is 24.9 Å². The van der Waals surface area contributed by atoms with E-state index in [4.69, 9.17) is 10.5 Å². The summed E-state index contributed by atoms with van der Waals surface area (Å²) in [6.07, 6.45) is 2.68. The van der Waals surface area contributed by atoms with E-state index in [0.717, 1.165) is 12.0 Å². The number of rotatable bonds is 3. The van der Waals surface area contributed by atoms with Gasteiger partial charge in [-0.25, -0.2) is 4.98 Å². The van der Waals surface area contributed by atoms with Crippen LogP contribution in [0.3, 0.4) is 0 Å². The molecule has 0 fully saturated rings. The van der Waals surface area contributed by atoms with Gasteiger partial charge < -0.3 is 10.5 Å². The molecule has 5 heteroatoms. The second-order valence-corrected chi connectivity index (χ2v) is 2.65. The minimum absolute atomic E-state index is 0. The van der Waals surface area contributed by atoms with Gasteiger partial charge in [-0.3, -0.25) is 0 Å². The molecule has 2 N–H and O–H groups in total. The number of ether oxygens (including phenoxy) is 1. The van der Waals surface area contributed by atoms with E-state index in [2.05, 4.69) is 11.9 Å². The second kappa shape index (κ2) is 7.85. The maximum Gasteiger partial charge on any atom is 0.212 e. The predicted octanol–water partition coefficient (Wildman–Crippen LogP) is 2.34. The average molecular weight is 239 g/mol. The SMILES string of the molecule is CCC(N)c1ccc(OC)nc1.Cl.Cl. The van der Waals surface area contributed by atoms with Crippen LogP contribution in [0.2, 0.25) is 0 Å². The quantitative estimate of drug-likeness (QED) is 0.880. The van der Waals surface area contributed by atoms with Gasteiger partial charge >= 0.3 is 0 Å². The molecule has 1 heterocycles. The lowest BCUT2D eigenvalue weighted by molar-refractivity contribution is 0.397. The standard InChI is InChI=1S/C9H14N2O.2ClH/c1-3-8(10)7-4-5-9(12-2)11-6-7;;/h4-6,8H,3,10H2,1-2H3;2*1H. The highest BCUT2D eigenvalue weighted by Gasteiger charge is 2.02. The molecule has 0 amide bonds.